The summed E-state index contributed by atoms with van der Waals surface area (Å²) in [4.78, 5) is 17.3. The number of nitrogens with two attached hydrogens (primary N) is 1. The van der Waals surface area contributed by atoms with Crippen LogP contribution in [-0.2, 0) is 4.79 Å². The van der Waals surface area contributed by atoms with Gasteiger partial charge < -0.3 is 16.0 Å². The van der Waals surface area contributed by atoms with Crippen LogP contribution in [0.2, 0.25) is 0 Å². The molecule has 0 aromatic carbocycles. The number of nitrogens with one attached hydrogen (secondary N) is 1. The number of amides is 1. The number of nitrogens with zero attached hydrogens (tertiary/aromatic N) is 2. The number of piperidine rings is 1. The highest BCUT2D eigenvalue weighted by Crippen LogP contribution is 2.19. The van der Waals surface area contributed by atoms with E-state index in [0.29, 0.717) is 12.5 Å². The molecule has 0 spiro atoms. The minimum atomic E-state index is -0.241. The number of primary amides is 1. The number of hydrogen-bond acceptors (Lipinski definition) is 4. The van der Waals surface area contributed by atoms with Gasteiger partial charge in [-0.15, -0.1) is 0 Å². The van der Waals surface area contributed by atoms with Crippen molar-refractivity contribution in [3.63, 3.8) is 0 Å². The SMILES string of the molecule is CC(CC(N)=O)NC1CCN(c2ccncc2)CC1. The molecule has 1 unspecified atom stereocenters. The van der Waals surface area contributed by atoms with E-state index < -0.39 is 0 Å². The molecule has 0 bridgehead atoms. The third-order valence-electron chi connectivity index (χ3n) is 3.55. The zero-order chi connectivity index (χ0) is 13.7. The fraction of sp³-hybridized carbons (Fsp3) is 0.571. The first kappa shape index (κ1) is 13.8. The predicted octanol–water partition coefficient (Wildman–Crippen LogP) is 0.904. The molecule has 0 saturated carbocycles. The van der Waals surface area contributed by atoms with Gasteiger partial charge in [0.25, 0.3) is 0 Å². The molecular weight excluding hydrogens is 240 g/mol. The molecule has 1 aromatic rings. The van der Waals surface area contributed by atoms with E-state index in [2.05, 4.69) is 15.2 Å². The van der Waals surface area contributed by atoms with Crippen LogP contribution in [0, 0.1) is 0 Å². The van der Waals surface area contributed by atoms with Crippen LogP contribution in [0.1, 0.15) is 26.2 Å². The summed E-state index contributed by atoms with van der Waals surface area (Å²) in [6.07, 6.45) is 6.24. The second-order valence-electron chi connectivity index (χ2n) is 5.20. The van der Waals surface area contributed by atoms with Gasteiger partial charge in [-0.1, -0.05) is 0 Å². The van der Waals surface area contributed by atoms with E-state index in [4.69, 9.17) is 5.73 Å². The lowest BCUT2D eigenvalue weighted by Crippen LogP contribution is -2.46. The number of aromatic nitrogens is 1. The van der Waals surface area contributed by atoms with Crippen LogP contribution in [0.15, 0.2) is 24.5 Å². The highest BCUT2D eigenvalue weighted by atomic mass is 16.1. The van der Waals surface area contributed by atoms with Crippen LogP contribution in [0.4, 0.5) is 5.69 Å². The monoisotopic (exact) mass is 262 g/mol. The zero-order valence-corrected chi connectivity index (χ0v) is 11.4. The first-order valence-corrected chi connectivity index (χ1v) is 6.84. The summed E-state index contributed by atoms with van der Waals surface area (Å²) >= 11 is 0. The van der Waals surface area contributed by atoms with Crippen LogP contribution in [0.3, 0.4) is 0 Å². The Labute approximate surface area is 114 Å². The first-order valence-electron chi connectivity index (χ1n) is 6.84. The van der Waals surface area contributed by atoms with E-state index in [0.717, 1.165) is 25.9 Å². The summed E-state index contributed by atoms with van der Waals surface area (Å²) in [5, 5.41) is 3.48. The molecule has 3 N–H and O–H groups in total. The maximum atomic E-state index is 10.9. The molecule has 5 heteroatoms. The fourth-order valence-electron chi connectivity index (χ4n) is 2.62. The third kappa shape index (κ3) is 4.21. The highest BCUT2D eigenvalue weighted by molar-refractivity contribution is 5.74. The molecule has 2 heterocycles. The quantitative estimate of drug-likeness (QED) is 0.827. The van der Waals surface area contributed by atoms with Crippen LogP contribution in [0.5, 0.6) is 0 Å². The lowest BCUT2D eigenvalue weighted by atomic mass is 10.0. The molecule has 1 amide bonds. The standard InChI is InChI=1S/C14H22N4O/c1-11(10-14(15)19)17-12-4-8-18(9-5-12)13-2-6-16-7-3-13/h2-3,6-7,11-12,17H,4-5,8-10H2,1H3,(H2,15,19). The van der Waals surface area contributed by atoms with Gasteiger partial charge in [-0.3, -0.25) is 9.78 Å². The van der Waals surface area contributed by atoms with Crippen LogP contribution >= 0.6 is 0 Å². The van der Waals surface area contributed by atoms with Crippen LogP contribution in [0.25, 0.3) is 0 Å². The van der Waals surface area contributed by atoms with Crippen molar-refractivity contribution in [1.29, 1.82) is 0 Å². The Morgan fingerprint density at radius 3 is 2.68 bits per heavy atom. The smallest absolute Gasteiger partial charge is 0.218 e. The Morgan fingerprint density at radius 1 is 1.47 bits per heavy atom. The van der Waals surface area contributed by atoms with Crippen molar-refractivity contribution in [2.45, 2.75) is 38.3 Å². The minimum absolute atomic E-state index is 0.162. The highest BCUT2D eigenvalue weighted by Gasteiger charge is 2.20. The van der Waals surface area contributed by atoms with Crippen molar-refractivity contribution < 1.29 is 4.79 Å². The average molecular weight is 262 g/mol. The summed E-state index contributed by atoms with van der Waals surface area (Å²) in [7, 11) is 0. The summed E-state index contributed by atoms with van der Waals surface area (Å²) in [5.41, 5.74) is 6.44. The van der Waals surface area contributed by atoms with Crippen LogP contribution < -0.4 is 16.0 Å². The Balaban J connectivity index is 1.78. The zero-order valence-electron chi connectivity index (χ0n) is 11.4. The summed E-state index contributed by atoms with van der Waals surface area (Å²) < 4.78 is 0. The van der Waals surface area contributed by atoms with Crippen LogP contribution in [-0.4, -0.2) is 36.1 Å². The largest absolute Gasteiger partial charge is 0.371 e. The van der Waals surface area contributed by atoms with Crippen molar-refractivity contribution in [2.75, 3.05) is 18.0 Å². The van der Waals surface area contributed by atoms with Crippen molar-refractivity contribution in [3.05, 3.63) is 24.5 Å². The van der Waals surface area contributed by atoms with E-state index in [1.165, 1.54) is 5.69 Å². The number of carbonyl (C=O) groups is 1. The van der Waals surface area contributed by atoms with Gasteiger partial charge in [0.05, 0.1) is 0 Å². The van der Waals surface area contributed by atoms with Crippen molar-refractivity contribution in [1.82, 2.24) is 10.3 Å². The molecule has 2 rings (SSSR count). The van der Waals surface area contributed by atoms with Crippen molar-refractivity contribution in [3.8, 4) is 0 Å². The van der Waals surface area contributed by atoms with E-state index in [-0.39, 0.29) is 11.9 Å². The van der Waals surface area contributed by atoms with Gasteiger partial charge in [0, 0.05) is 49.7 Å². The van der Waals surface area contributed by atoms with Gasteiger partial charge in [0.15, 0.2) is 0 Å². The Kier molecular flexibility index (Phi) is 4.74. The second-order valence-corrected chi connectivity index (χ2v) is 5.20. The second kappa shape index (κ2) is 6.52. The lowest BCUT2D eigenvalue weighted by Gasteiger charge is -2.35. The number of rotatable bonds is 5. The van der Waals surface area contributed by atoms with Gasteiger partial charge in [-0.2, -0.15) is 0 Å². The maximum absolute atomic E-state index is 10.9. The van der Waals surface area contributed by atoms with E-state index in [1.807, 2.05) is 31.5 Å². The molecule has 1 saturated heterocycles. The van der Waals surface area contributed by atoms with Crippen molar-refractivity contribution in [2.24, 2.45) is 5.73 Å². The Hall–Kier alpha value is -1.62. The maximum Gasteiger partial charge on any atom is 0.218 e. The lowest BCUT2D eigenvalue weighted by molar-refractivity contribution is -0.118. The summed E-state index contributed by atoms with van der Waals surface area (Å²) in [6, 6.07) is 4.73. The van der Waals surface area contributed by atoms with Gasteiger partial charge in [-0.25, -0.2) is 0 Å². The number of pyridine rings is 1. The molecule has 1 aliphatic rings. The topological polar surface area (TPSA) is 71.2 Å². The molecule has 1 aliphatic heterocycles. The number of anilines is 1. The van der Waals surface area contributed by atoms with Gasteiger partial charge >= 0.3 is 0 Å². The number of carbonyl (C=O) groups excluding carboxylic acids is 1. The minimum Gasteiger partial charge on any atom is -0.371 e. The average Bonchev–Trinajstić information content (AvgIpc) is 2.39. The number of hydrogen-bond donors (Lipinski definition) is 2. The molecule has 19 heavy (non-hydrogen) atoms. The van der Waals surface area contributed by atoms with Gasteiger partial charge in [-0.05, 0) is 31.9 Å². The summed E-state index contributed by atoms with van der Waals surface area (Å²) in [6.45, 7) is 4.08. The van der Waals surface area contributed by atoms with E-state index in [9.17, 15) is 4.79 Å². The molecule has 5 nitrogen and oxygen atoms in total. The van der Waals surface area contributed by atoms with E-state index >= 15 is 0 Å². The first-order chi connectivity index (χ1) is 9.15. The Bertz CT molecular complexity index is 401. The molecule has 0 aliphatic carbocycles. The molecule has 1 fully saturated rings. The third-order valence-corrected chi connectivity index (χ3v) is 3.55. The fourth-order valence-corrected chi connectivity index (χ4v) is 2.62. The van der Waals surface area contributed by atoms with Gasteiger partial charge in [0.1, 0.15) is 0 Å². The van der Waals surface area contributed by atoms with Gasteiger partial charge in [0.2, 0.25) is 5.91 Å². The molecule has 104 valence electrons. The van der Waals surface area contributed by atoms with E-state index in [1.54, 1.807) is 0 Å². The molecule has 1 atom stereocenters. The molecule has 0 radical (unpaired) electrons. The molecular formula is C14H22N4O. The molecule has 1 aromatic heterocycles. The summed E-state index contributed by atoms with van der Waals surface area (Å²) in [5.74, 6) is -0.241. The normalized spacial score (nSPS) is 18.3. The predicted molar refractivity (Wildman–Crippen MR) is 75.9 cm³/mol. The van der Waals surface area contributed by atoms with Crippen molar-refractivity contribution >= 4 is 11.6 Å². The Morgan fingerprint density at radius 2 is 2.11 bits per heavy atom.